The lowest BCUT2D eigenvalue weighted by Crippen LogP contribution is -2.53. The average Bonchev–Trinajstić information content (AvgIpc) is 2.93. The Kier molecular flexibility index (Phi) is 11.3. The van der Waals surface area contributed by atoms with Gasteiger partial charge in [0.15, 0.2) is 0 Å². The Labute approximate surface area is 246 Å². The Morgan fingerprint density at radius 1 is 0.875 bits per heavy atom. The number of aryl methyl sites for hydroxylation is 1. The second-order valence-corrected chi connectivity index (χ2v) is 13.1. The van der Waals surface area contributed by atoms with Gasteiger partial charge in [-0.1, -0.05) is 91.3 Å². The van der Waals surface area contributed by atoms with E-state index in [1.54, 1.807) is 12.1 Å². The molecule has 214 valence electrons. The van der Waals surface area contributed by atoms with E-state index in [0.717, 1.165) is 38.1 Å². The molecule has 0 spiro atoms. The summed E-state index contributed by atoms with van der Waals surface area (Å²) in [6.45, 7) is 6.21. The topological polar surface area (TPSA) is 86.8 Å². The fourth-order valence-corrected chi connectivity index (χ4v) is 5.39. The quantitative estimate of drug-likeness (QED) is 0.283. The summed E-state index contributed by atoms with van der Waals surface area (Å²) < 4.78 is 27.8. The molecule has 0 heterocycles. The van der Waals surface area contributed by atoms with E-state index in [9.17, 15) is 18.0 Å². The zero-order valence-electron chi connectivity index (χ0n) is 23.5. The fraction of sp³-hybridized carbons (Fsp3) is 0.355. The molecule has 9 heteroatoms. The first kappa shape index (κ1) is 31.4. The van der Waals surface area contributed by atoms with Crippen LogP contribution in [0.3, 0.4) is 0 Å². The maximum absolute atomic E-state index is 14.1. The summed E-state index contributed by atoms with van der Waals surface area (Å²) in [6, 6.07) is 23.3. The summed E-state index contributed by atoms with van der Waals surface area (Å²) in [5, 5.41) is 2.99. The van der Waals surface area contributed by atoms with Crippen LogP contribution in [-0.4, -0.2) is 50.5 Å². The maximum atomic E-state index is 14.1. The van der Waals surface area contributed by atoms with Gasteiger partial charge in [-0.3, -0.25) is 13.9 Å². The van der Waals surface area contributed by atoms with Crippen LogP contribution in [0.1, 0.15) is 37.5 Å². The standard InChI is InChI=1S/C31H38BrN3O4S/c1-5-24-13-17-28(18-14-24)35(40(4,38)39)22-30(36)34(21-26-11-15-27(32)16-12-26)29(31(37)33-20-23(2)3)19-25-9-7-6-8-10-25/h6-18,23,29H,5,19-22H2,1-4H3,(H,33,37). The molecular weight excluding hydrogens is 590 g/mol. The minimum absolute atomic E-state index is 0.144. The molecule has 7 nitrogen and oxygen atoms in total. The molecule has 3 rings (SSSR count). The largest absolute Gasteiger partial charge is 0.354 e. The van der Waals surface area contributed by atoms with E-state index in [4.69, 9.17) is 0 Å². The summed E-state index contributed by atoms with van der Waals surface area (Å²) in [5.41, 5.74) is 3.19. The van der Waals surface area contributed by atoms with Crippen molar-refractivity contribution < 1.29 is 18.0 Å². The van der Waals surface area contributed by atoms with Crippen molar-refractivity contribution in [3.8, 4) is 0 Å². The van der Waals surface area contributed by atoms with Crippen molar-refractivity contribution in [1.82, 2.24) is 10.2 Å². The molecule has 0 radical (unpaired) electrons. The van der Waals surface area contributed by atoms with Crippen molar-refractivity contribution in [2.75, 3.05) is 23.7 Å². The van der Waals surface area contributed by atoms with E-state index in [1.165, 1.54) is 4.90 Å². The van der Waals surface area contributed by atoms with Crippen LogP contribution in [0.25, 0.3) is 0 Å². The SMILES string of the molecule is CCc1ccc(N(CC(=O)N(Cc2ccc(Br)cc2)C(Cc2ccccc2)C(=O)NCC(C)C)S(C)(=O)=O)cc1. The Morgan fingerprint density at radius 3 is 2.02 bits per heavy atom. The first-order valence-corrected chi connectivity index (χ1v) is 16.0. The number of rotatable bonds is 13. The van der Waals surface area contributed by atoms with Crippen molar-refractivity contribution in [1.29, 1.82) is 0 Å². The molecule has 0 aromatic heterocycles. The van der Waals surface area contributed by atoms with Gasteiger partial charge in [-0.15, -0.1) is 0 Å². The highest BCUT2D eigenvalue weighted by molar-refractivity contribution is 9.10. The molecule has 0 bridgehead atoms. The highest BCUT2D eigenvalue weighted by Gasteiger charge is 2.33. The van der Waals surface area contributed by atoms with Crippen molar-refractivity contribution >= 4 is 43.5 Å². The summed E-state index contributed by atoms with van der Waals surface area (Å²) in [6.07, 6.45) is 2.19. The minimum atomic E-state index is -3.79. The van der Waals surface area contributed by atoms with Crippen LogP contribution in [-0.2, 0) is 39.0 Å². The van der Waals surface area contributed by atoms with Crippen molar-refractivity contribution in [3.05, 3.63) is 100 Å². The third-order valence-electron chi connectivity index (χ3n) is 6.53. The first-order chi connectivity index (χ1) is 19.0. The molecule has 0 saturated heterocycles. The van der Waals surface area contributed by atoms with Gasteiger partial charge in [0.05, 0.1) is 11.9 Å². The van der Waals surface area contributed by atoms with Gasteiger partial charge in [-0.05, 0) is 53.3 Å². The predicted molar refractivity (Wildman–Crippen MR) is 164 cm³/mol. The molecule has 40 heavy (non-hydrogen) atoms. The molecule has 0 fully saturated rings. The number of halogens is 1. The Balaban J connectivity index is 2.03. The molecule has 1 unspecified atom stereocenters. The third-order valence-corrected chi connectivity index (χ3v) is 8.20. The van der Waals surface area contributed by atoms with E-state index in [1.807, 2.05) is 87.5 Å². The van der Waals surface area contributed by atoms with Gasteiger partial charge in [0, 0.05) is 24.0 Å². The molecule has 0 aliphatic carbocycles. The van der Waals surface area contributed by atoms with Crippen molar-refractivity contribution in [3.63, 3.8) is 0 Å². The van der Waals surface area contributed by atoms with E-state index < -0.39 is 28.5 Å². The average molecular weight is 629 g/mol. The Bertz CT molecular complexity index is 1360. The molecular formula is C31H38BrN3O4S. The molecule has 2 amide bonds. The zero-order valence-corrected chi connectivity index (χ0v) is 25.9. The molecule has 3 aromatic rings. The zero-order chi connectivity index (χ0) is 29.3. The summed E-state index contributed by atoms with van der Waals surface area (Å²) in [4.78, 5) is 29.2. The number of anilines is 1. The van der Waals surface area contributed by atoms with Gasteiger partial charge in [0.2, 0.25) is 21.8 Å². The van der Waals surface area contributed by atoms with Gasteiger partial charge in [0.25, 0.3) is 0 Å². The van der Waals surface area contributed by atoms with Crippen LogP contribution in [0.4, 0.5) is 5.69 Å². The Hall–Kier alpha value is -3.17. The molecule has 0 aliphatic heterocycles. The van der Waals surface area contributed by atoms with E-state index >= 15 is 0 Å². The smallest absolute Gasteiger partial charge is 0.244 e. The number of carbonyl (C=O) groups excluding carboxylic acids is 2. The van der Waals surface area contributed by atoms with Gasteiger partial charge < -0.3 is 10.2 Å². The summed E-state index contributed by atoms with van der Waals surface area (Å²) >= 11 is 3.44. The van der Waals surface area contributed by atoms with Gasteiger partial charge in [-0.25, -0.2) is 8.42 Å². The number of benzene rings is 3. The monoisotopic (exact) mass is 627 g/mol. The van der Waals surface area contributed by atoms with Gasteiger partial charge >= 0.3 is 0 Å². The number of nitrogens with one attached hydrogen (secondary N) is 1. The van der Waals surface area contributed by atoms with Gasteiger partial charge in [-0.2, -0.15) is 0 Å². The second kappa shape index (κ2) is 14.5. The molecule has 0 aliphatic rings. The maximum Gasteiger partial charge on any atom is 0.244 e. The van der Waals surface area contributed by atoms with Crippen molar-refractivity contribution in [2.45, 2.75) is 46.2 Å². The number of amides is 2. The first-order valence-electron chi connectivity index (χ1n) is 13.4. The summed E-state index contributed by atoms with van der Waals surface area (Å²) in [5.74, 6) is -0.515. The molecule has 1 atom stereocenters. The van der Waals surface area contributed by atoms with Gasteiger partial charge in [0.1, 0.15) is 12.6 Å². The molecule has 1 N–H and O–H groups in total. The molecule has 3 aromatic carbocycles. The number of sulfonamides is 1. The predicted octanol–water partition coefficient (Wildman–Crippen LogP) is 5.19. The lowest BCUT2D eigenvalue weighted by molar-refractivity contribution is -0.140. The second-order valence-electron chi connectivity index (χ2n) is 10.3. The number of hydrogen-bond donors (Lipinski definition) is 1. The molecule has 0 saturated carbocycles. The number of hydrogen-bond acceptors (Lipinski definition) is 4. The van der Waals surface area contributed by atoms with E-state index in [-0.39, 0.29) is 24.8 Å². The lowest BCUT2D eigenvalue weighted by Gasteiger charge is -2.33. The third kappa shape index (κ3) is 9.20. The van der Waals surface area contributed by atoms with E-state index in [2.05, 4.69) is 21.2 Å². The highest BCUT2D eigenvalue weighted by Crippen LogP contribution is 2.22. The van der Waals surface area contributed by atoms with Crippen LogP contribution < -0.4 is 9.62 Å². The number of carbonyl (C=O) groups is 2. The van der Waals surface area contributed by atoms with Crippen LogP contribution in [0, 0.1) is 5.92 Å². The van der Waals surface area contributed by atoms with Crippen LogP contribution >= 0.6 is 15.9 Å². The Morgan fingerprint density at radius 2 is 1.48 bits per heavy atom. The normalized spacial score (nSPS) is 12.2. The summed E-state index contributed by atoms with van der Waals surface area (Å²) in [7, 11) is -3.79. The van der Waals surface area contributed by atoms with Crippen LogP contribution in [0.15, 0.2) is 83.3 Å². The van der Waals surface area contributed by atoms with Crippen LogP contribution in [0.2, 0.25) is 0 Å². The highest BCUT2D eigenvalue weighted by atomic mass is 79.9. The van der Waals surface area contributed by atoms with E-state index in [0.29, 0.717) is 12.2 Å². The van der Waals surface area contributed by atoms with Crippen molar-refractivity contribution in [2.24, 2.45) is 5.92 Å². The fourth-order valence-electron chi connectivity index (χ4n) is 4.27. The number of nitrogens with zero attached hydrogens (tertiary/aromatic N) is 2. The van der Waals surface area contributed by atoms with Crippen LogP contribution in [0.5, 0.6) is 0 Å². The lowest BCUT2D eigenvalue weighted by atomic mass is 10.0. The minimum Gasteiger partial charge on any atom is -0.354 e.